The third-order valence-corrected chi connectivity index (χ3v) is 5.67. The first-order valence-corrected chi connectivity index (χ1v) is 12.3. The van der Waals surface area contributed by atoms with Crippen molar-refractivity contribution in [1.29, 1.82) is 0 Å². The van der Waals surface area contributed by atoms with Gasteiger partial charge in [-0.1, -0.05) is 54.6 Å². The topological polar surface area (TPSA) is 144 Å². The van der Waals surface area contributed by atoms with Gasteiger partial charge in [-0.25, -0.2) is 10.1 Å². The molecule has 2 heterocycles. The maximum atomic E-state index is 13.1. The van der Waals surface area contributed by atoms with Crippen LogP contribution in [0.2, 0.25) is 0 Å². The number of para-hydroxylation sites is 2. The lowest BCUT2D eigenvalue weighted by atomic mass is 10.1. The summed E-state index contributed by atoms with van der Waals surface area (Å²) in [5, 5.41) is 29.0. The SMILES string of the molecule is CCOC(=O)C1=NN(c2ccccc2)C(=O)\C1=C/C=C/C=C/c1c(C(=O)C(C)O)nn(-c2ccccc2)c1OO. The smallest absolute Gasteiger partial charge is 0.359 e. The molecule has 0 fully saturated rings. The minimum Gasteiger partial charge on any atom is -0.461 e. The Morgan fingerprint density at radius 1 is 1.00 bits per heavy atom. The quantitative estimate of drug-likeness (QED) is 0.0985. The molecule has 2 aromatic carbocycles. The van der Waals surface area contributed by atoms with Gasteiger partial charge in [-0.3, -0.25) is 9.59 Å². The summed E-state index contributed by atoms with van der Waals surface area (Å²) < 4.78 is 6.30. The fraction of sp³-hybridized carbons (Fsp3) is 0.138. The van der Waals surface area contributed by atoms with Crippen LogP contribution in [-0.2, 0) is 14.3 Å². The second-order valence-electron chi connectivity index (χ2n) is 8.39. The molecule has 0 saturated heterocycles. The van der Waals surface area contributed by atoms with Crippen molar-refractivity contribution >= 4 is 35.1 Å². The average molecular weight is 543 g/mol. The van der Waals surface area contributed by atoms with Crippen molar-refractivity contribution in [2.75, 3.05) is 11.6 Å². The second-order valence-corrected chi connectivity index (χ2v) is 8.39. The zero-order valence-corrected chi connectivity index (χ0v) is 21.7. The highest BCUT2D eigenvalue weighted by Gasteiger charge is 2.35. The number of hydrogen-bond acceptors (Lipinski definition) is 9. The molecule has 1 aliphatic heterocycles. The number of aromatic nitrogens is 2. The number of aliphatic hydroxyl groups is 1. The molecular weight excluding hydrogens is 516 g/mol. The van der Waals surface area contributed by atoms with E-state index >= 15 is 0 Å². The minimum absolute atomic E-state index is 0.0354. The Bertz CT molecular complexity index is 1520. The number of ether oxygens (including phenoxy) is 1. The second kappa shape index (κ2) is 12.6. The van der Waals surface area contributed by atoms with Crippen LogP contribution in [-0.4, -0.2) is 56.2 Å². The van der Waals surface area contributed by atoms with Gasteiger partial charge < -0.3 is 14.7 Å². The van der Waals surface area contributed by atoms with Crippen molar-refractivity contribution in [3.63, 3.8) is 0 Å². The molecule has 1 amide bonds. The largest absolute Gasteiger partial charge is 0.461 e. The fourth-order valence-electron chi connectivity index (χ4n) is 3.80. The van der Waals surface area contributed by atoms with Crippen LogP contribution in [0.15, 0.2) is 95.6 Å². The predicted octanol–water partition coefficient (Wildman–Crippen LogP) is 3.75. The number of carbonyl (C=O) groups excluding carboxylic acids is 3. The zero-order valence-electron chi connectivity index (χ0n) is 21.7. The third-order valence-electron chi connectivity index (χ3n) is 5.67. The number of rotatable bonds is 10. The van der Waals surface area contributed by atoms with E-state index in [0.717, 1.165) is 5.01 Å². The van der Waals surface area contributed by atoms with Gasteiger partial charge in [0, 0.05) is 0 Å². The van der Waals surface area contributed by atoms with Gasteiger partial charge in [0.1, 0.15) is 11.8 Å². The van der Waals surface area contributed by atoms with E-state index in [2.05, 4.69) is 15.1 Å². The van der Waals surface area contributed by atoms with Gasteiger partial charge in [-0.05, 0) is 50.3 Å². The van der Waals surface area contributed by atoms with Crippen molar-refractivity contribution in [3.8, 4) is 11.6 Å². The molecule has 0 spiro atoms. The third kappa shape index (κ3) is 5.80. The van der Waals surface area contributed by atoms with Crippen molar-refractivity contribution in [3.05, 3.63) is 102 Å². The van der Waals surface area contributed by atoms with E-state index in [-0.39, 0.29) is 35.0 Å². The van der Waals surface area contributed by atoms with Gasteiger partial charge in [0.05, 0.1) is 29.1 Å². The maximum absolute atomic E-state index is 13.1. The number of Topliss-reactive ketones (excluding diaryl/α,β-unsaturated/α-hetero) is 1. The number of aliphatic hydroxyl groups excluding tert-OH is 1. The molecule has 1 aliphatic rings. The summed E-state index contributed by atoms with van der Waals surface area (Å²) in [6, 6.07) is 17.3. The Hall–Kier alpha value is -5.13. The molecule has 4 rings (SSSR count). The number of esters is 1. The highest BCUT2D eigenvalue weighted by molar-refractivity contribution is 6.53. The van der Waals surface area contributed by atoms with Crippen molar-refractivity contribution in [2.24, 2.45) is 5.10 Å². The van der Waals surface area contributed by atoms with Gasteiger partial charge in [-0.2, -0.15) is 19.9 Å². The van der Waals surface area contributed by atoms with Crippen LogP contribution in [0, 0.1) is 0 Å². The molecule has 1 aromatic heterocycles. The van der Waals surface area contributed by atoms with Gasteiger partial charge in [0.2, 0.25) is 5.78 Å². The Labute approximate surface area is 229 Å². The Morgan fingerprint density at radius 2 is 1.65 bits per heavy atom. The number of ketones is 1. The molecule has 40 heavy (non-hydrogen) atoms. The molecule has 1 unspecified atom stereocenters. The maximum Gasteiger partial charge on any atom is 0.359 e. The van der Waals surface area contributed by atoms with Crippen LogP contribution >= 0.6 is 0 Å². The van der Waals surface area contributed by atoms with E-state index < -0.39 is 23.8 Å². The van der Waals surface area contributed by atoms with Crippen LogP contribution in [0.5, 0.6) is 5.88 Å². The van der Waals surface area contributed by atoms with Gasteiger partial charge >= 0.3 is 5.97 Å². The van der Waals surface area contributed by atoms with Crippen LogP contribution in [0.3, 0.4) is 0 Å². The molecule has 204 valence electrons. The van der Waals surface area contributed by atoms with E-state index in [1.165, 1.54) is 42.0 Å². The highest BCUT2D eigenvalue weighted by atomic mass is 17.1. The number of nitrogens with zero attached hydrogens (tertiary/aromatic N) is 4. The zero-order chi connectivity index (χ0) is 28.6. The minimum atomic E-state index is -1.35. The van der Waals surface area contributed by atoms with Crippen molar-refractivity contribution < 1.29 is 34.4 Å². The van der Waals surface area contributed by atoms with Crippen LogP contribution in [0.4, 0.5) is 5.69 Å². The molecule has 11 nitrogen and oxygen atoms in total. The highest BCUT2D eigenvalue weighted by Crippen LogP contribution is 2.28. The number of benzene rings is 2. The van der Waals surface area contributed by atoms with Gasteiger partial charge in [-0.15, -0.1) is 0 Å². The predicted molar refractivity (Wildman–Crippen MR) is 147 cm³/mol. The molecule has 0 radical (unpaired) electrons. The molecule has 0 saturated carbocycles. The number of hydrazone groups is 1. The Balaban J connectivity index is 1.66. The Kier molecular flexibility index (Phi) is 8.79. The van der Waals surface area contributed by atoms with Gasteiger partial charge in [0.15, 0.2) is 5.71 Å². The van der Waals surface area contributed by atoms with E-state index in [0.29, 0.717) is 11.4 Å². The summed E-state index contributed by atoms with van der Waals surface area (Å²) in [5.74, 6) is -2.05. The summed E-state index contributed by atoms with van der Waals surface area (Å²) in [6.45, 7) is 3.07. The molecule has 0 bridgehead atoms. The summed E-state index contributed by atoms with van der Waals surface area (Å²) in [6.07, 6.45) is 6.08. The summed E-state index contributed by atoms with van der Waals surface area (Å²) in [7, 11) is 0. The molecule has 3 aromatic rings. The van der Waals surface area contributed by atoms with Crippen LogP contribution in [0.1, 0.15) is 29.9 Å². The molecule has 11 heteroatoms. The van der Waals surface area contributed by atoms with Gasteiger partial charge in [0.25, 0.3) is 11.8 Å². The molecule has 1 atom stereocenters. The molecule has 0 aliphatic carbocycles. The van der Waals surface area contributed by atoms with Crippen molar-refractivity contribution in [1.82, 2.24) is 9.78 Å². The van der Waals surface area contributed by atoms with E-state index in [9.17, 15) is 24.7 Å². The number of carbonyl (C=O) groups is 3. The lowest BCUT2D eigenvalue weighted by Gasteiger charge is -2.10. The van der Waals surface area contributed by atoms with Crippen molar-refractivity contribution in [2.45, 2.75) is 20.0 Å². The van der Waals surface area contributed by atoms with E-state index in [1.54, 1.807) is 67.6 Å². The standard InChI is InChI=1S/C29H26N4O7/c1-3-39-29(37)25-22(27(36)32(31-25)20-13-7-4-8-14-20)17-11-6-12-18-23-24(26(35)19(2)34)30-33(28(23)40-38)21-15-9-5-10-16-21/h4-19,34,38H,3H2,1-2H3/b11-6+,18-12+,22-17-. The normalized spacial score (nSPS) is 15.2. The monoisotopic (exact) mass is 542 g/mol. The summed E-state index contributed by atoms with van der Waals surface area (Å²) in [5.41, 5.74) is 0.911. The summed E-state index contributed by atoms with van der Waals surface area (Å²) in [4.78, 5) is 42.8. The van der Waals surface area contributed by atoms with E-state index in [4.69, 9.17) is 4.74 Å². The molecular formula is C29H26N4O7. The first-order valence-electron chi connectivity index (χ1n) is 12.3. The first-order chi connectivity index (χ1) is 19.4. The number of allylic oxidation sites excluding steroid dienone is 4. The van der Waals surface area contributed by atoms with Crippen LogP contribution < -0.4 is 9.90 Å². The average Bonchev–Trinajstić information content (AvgIpc) is 3.50. The fourth-order valence-corrected chi connectivity index (χ4v) is 3.80. The number of hydrogen-bond donors (Lipinski definition) is 2. The first kappa shape index (κ1) is 27.9. The number of anilines is 1. The Morgan fingerprint density at radius 3 is 2.25 bits per heavy atom. The van der Waals surface area contributed by atoms with Crippen LogP contribution in [0.25, 0.3) is 11.8 Å². The lowest BCUT2D eigenvalue weighted by Crippen LogP contribution is -2.22. The molecule has 2 N–H and O–H groups in total. The lowest BCUT2D eigenvalue weighted by molar-refractivity contribution is -0.143. The number of amides is 1. The summed E-state index contributed by atoms with van der Waals surface area (Å²) >= 11 is 0. The van der Waals surface area contributed by atoms with E-state index in [1.807, 2.05) is 0 Å².